The van der Waals surface area contributed by atoms with Gasteiger partial charge in [-0.3, -0.25) is 9.80 Å². The average molecular weight is 517 g/mol. The SMILES string of the molecule is O=C(O)C(=O)O.c1ccc(CCCN2CC3CC2CN3CCOC(c2ccccc2)c2ccccc2)cc1. The van der Waals surface area contributed by atoms with Crippen molar-refractivity contribution in [1.29, 1.82) is 0 Å². The minimum atomic E-state index is -1.82. The molecule has 2 unspecified atom stereocenters. The molecule has 3 aromatic rings. The molecule has 0 radical (unpaired) electrons. The number of carbonyl (C=O) groups is 2. The van der Waals surface area contributed by atoms with E-state index in [4.69, 9.17) is 24.5 Å². The second-order valence-electron chi connectivity index (χ2n) is 9.80. The third kappa shape index (κ3) is 7.74. The predicted octanol–water partition coefficient (Wildman–Crippen LogP) is 4.34. The van der Waals surface area contributed by atoms with E-state index in [-0.39, 0.29) is 6.10 Å². The van der Waals surface area contributed by atoms with Gasteiger partial charge in [0.1, 0.15) is 6.10 Å². The molecule has 3 aromatic carbocycles. The molecule has 7 nitrogen and oxygen atoms in total. The maximum Gasteiger partial charge on any atom is 0.414 e. The first-order valence-electron chi connectivity index (χ1n) is 13.2. The van der Waals surface area contributed by atoms with Gasteiger partial charge in [0.05, 0.1) is 6.61 Å². The third-order valence-corrected chi connectivity index (χ3v) is 7.27. The zero-order chi connectivity index (χ0) is 26.7. The minimum Gasteiger partial charge on any atom is -0.473 e. The van der Waals surface area contributed by atoms with Crippen molar-refractivity contribution in [2.24, 2.45) is 0 Å². The molecule has 5 rings (SSSR count). The molecule has 0 aromatic heterocycles. The molecule has 2 N–H and O–H groups in total. The number of hydrogen-bond acceptors (Lipinski definition) is 5. The molecule has 0 spiro atoms. The molecule has 7 heteroatoms. The first-order valence-corrected chi connectivity index (χ1v) is 13.2. The van der Waals surface area contributed by atoms with Crippen LogP contribution in [0.1, 0.15) is 35.6 Å². The monoisotopic (exact) mass is 516 g/mol. The highest BCUT2D eigenvalue weighted by molar-refractivity contribution is 6.27. The fourth-order valence-corrected chi connectivity index (χ4v) is 5.44. The second-order valence-corrected chi connectivity index (χ2v) is 9.80. The number of aliphatic carboxylic acids is 2. The van der Waals surface area contributed by atoms with Gasteiger partial charge in [-0.05, 0) is 42.5 Å². The normalized spacial score (nSPS) is 18.8. The van der Waals surface area contributed by atoms with Crippen molar-refractivity contribution in [2.75, 3.05) is 32.8 Å². The van der Waals surface area contributed by atoms with E-state index in [1.807, 2.05) is 0 Å². The highest BCUT2D eigenvalue weighted by Crippen LogP contribution is 2.31. The molecule has 0 saturated carbocycles. The van der Waals surface area contributed by atoms with Crippen LogP contribution in [0.2, 0.25) is 0 Å². The van der Waals surface area contributed by atoms with Crippen molar-refractivity contribution in [2.45, 2.75) is 37.5 Å². The summed E-state index contributed by atoms with van der Waals surface area (Å²) in [5.74, 6) is -3.65. The summed E-state index contributed by atoms with van der Waals surface area (Å²) >= 11 is 0. The van der Waals surface area contributed by atoms with Crippen LogP contribution in [0, 0.1) is 0 Å². The predicted molar refractivity (Wildman–Crippen MR) is 146 cm³/mol. The molecular weight excluding hydrogens is 480 g/mol. The fourth-order valence-electron chi connectivity index (χ4n) is 5.44. The van der Waals surface area contributed by atoms with Gasteiger partial charge in [-0.15, -0.1) is 0 Å². The van der Waals surface area contributed by atoms with Crippen LogP contribution < -0.4 is 0 Å². The smallest absolute Gasteiger partial charge is 0.414 e. The number of aryl methyl sites for hydroxylation is 1. The summed E-state index contributed by atoms with van der Waals surface area (Å²) in [5.41, 5.74) is 3.92. The zero-order valence-corrected chi connectivity index (χ0v) is 21.6. The van der Waals surface area contributed by atoms with E-state index in [1.165, 1.54) is 55.6 Å². The number of carboxylic acids is 2. The van der Waals surface area contributed by atoms with Crippen LogP contribution in [0.15, 0.2) is 91.0 Å². The van der Waals surface area contributed by atoms with Crippen LogP contribution in [0.25, 0.3) is 0 Å². The molecule has 2 fully saturated rings. The summed E-state index contributed by atoms with van der Waals surface area (Å²) in [6.07, 6.45) is 3.77. The number of carboxylic acid groups (broad SMARTS) is 2. The fraction of sp³-hybridized carbons (Fsp3) is 0.355. The highest BCUT2D eigenvalue weighted by atomic mass is 16.5. The van der Waals surface area contributed by atoms with Gasteiger partial charge in [-0.1, -0.05) is 91.0 Å². The van der Waals surface area contributed by atoms with Crippen LogP contribution in [0.3, 0.4) is 0 Å². The third-order valence-electron chi connectivity index (χ3n) is 7.27. The Morgan fingerprint density at radius 3 is 1.68 bits per heavy atom. The molecule has 2 aliphatic heterocycles. The Balaban J connectivity index is 0.000000505. The zero-order valence-electron chi connectivity index (χ0n) is 21.6. The van der Waals surface area contributed by atoms with Crippen LogP contribution in [0.5, 0.6) is 0 Å². The van der Waals surface area contributed by atoms with Gasteiger partial charge in [-0.25, -0.2) is 9.59 Å². The standard InChI is InChI=1S/C29H34N2O.C2H2O4/c1-4-11-24(12-5-1)13-10-18-30-22-28-21-27(30)23-31(28)19-20-32-29(25-14-6-2-7-15-25)26-16-8-3-9-17-26;3-1(4)2(5)6/h1-9,11-12,14-17,27-29H,10,13,18-23H2;(H,3,4)(H,5,6). The number of benzene rings is 3. The van der Waals surface area contributed by atoms with Gasteiger partial charge in [0.25, 0.3) is 0 Å². The summed E-state index contributed by atoms with van der Waals surface area (Å²) in [4.78, 5) is 23.6. The van der Waals surface area contributed by atoms with Gasteiger partial charge in [-0.2, -0.15) is 0 Å². The highest BCUT2D eigenvalue weighted by Gasteiger charge is 2.42. The Labute approximate surface area is 224 Å². The molecular formula is C31H36N2O5. The van der Waals surface area contributed by atoms with E-state index in [2.05, 4.69) is 101 Å². The maximum absolute atomic E-state index is 9.10. The number of fused-ring (bicyclic) bond motifs is 2. The number of hydrogen-bond donors (Lipinski definition) is 2. The molecule has 38 heavy (non-hydrogen) atoms. The number of nitrogens with zero attached hydrogens (tertiary/aromatic N) is 2. The molecule has 200 valence electrons. The summed E-state index contributed by atoms with van der Waals surface area (Å²) in [7, 11) is 0. The summed E-state index contributed by atoms with van der Waals surface area (Å²) in [6.45, 7) is 5.44. The molecule has 0 aliphatic carbocycles. The van der Waals surface area contributed by atoms with E-state index >= 15 is 0 Å². The van der Waals surface area contributed by atoms with Crippen LogP contribution in [0.4, 0.5) is 0 Å². The number of rotatable bonds is 10. The Bertz CT molecular complexity index is 1090. The summed E-state index contributed by atoms with van der Waals surface area (Å²) < 4.78 is 6.47. The van der Waals surface area contributed by atoms with E-state index in [0.717, 1.165) is 19.2 Å². The molecule has 2 saturated heterocycles. The molecule has 2 heterocycles. The lowest BCUT2D eigenvalue weighted by Crippen LogP contribution is -2.47. The number of piperazine rings is 1. The quantitative estimate of drug-likeness (QED) is 0.388. The summed E-state index contributed by atoms with van der Waals surface area (Å²) in [6, 6.07) is 33.5. The Morgan fingerprint density at radius 1 is 0.737 bits per heavy atom. The topological polar surface area (TPSA) is 90.3 Å². The number of likely N-dealkylation sites (tertiary alicyclic amines) is 2. The molecule has 2 bridgehead atoms. The van der Waals surface area contributed by atoms with Crippen LogP contribution in [-0.4, -0.2) is 76.8 Å². The van der Waals surface area contributed by atoms with E-state index in [1.54, 1.807) is 0 Å². The van der Waals surface area contributed by atoms with Crippen molar-refractivity contribution in [3.05, 3.63) is 108 Å². The second kappa shape index (κ2) is 13.9. The van der Waals surface area contributed by atoms with Gasteiger partial charge in [0.15, 0.2) is 0 Å². The van der Waals surface area contributed by atoms with Crippen molar-refractivity contribution in [3.63, 3.8) is 0 Å². The van der Waals surface area contributed by atoms with E-state index in [9.17, 15) is 0 Å². The Kier molecular flexibility index (Phi) is 10.0. The first kappa shape index (κ1) is 27.5. The average Bonchev–Trinajstić information content (AvgIpc) is 3.53. The summed E-state index contributed by atoms with van der Waals surface area (Å²) in [5, 5.41) is 14.8. The number of ether oxygens (including phenoxy) is 1. The first-order chi connectivity index (χ1) is 18.5. The molecule has 2 aliphatic rings. The Morgan fingerprint density at radius 2 is 1.21 bits per heavy atom. The largest absolute Gasteiger partial charge is 0.473 e. The molecule has 2 atom stereocenters. The Hall–Kier alpha value is -3.52. The minimum absolute atomic E-state index is 0.00618. The van der Waals surface area contributed by atoms with Crippen LogP contribution >= 0.6 is 0 Å². The van der Waals surface area contributed by atoms with Gasteiger partial charge in [0.2, 0.25) is 0 Å². The van der Waals surface area contributed by atoms with E-state index in [0.29, 0.717) is 6.04 Å². The lowest BCUT2D eigenvalue weighted by atomic mass is 10.0. The van der Waals surface area contributed by atoms with Crippen molar-refractivity contribution >= 4 is 11.9 Å². The van der Waals surface area contributed by atoms with E-state index < -0.39 is 11.9 Å². The van der Waals surface area contributed by atoms with Gasteiger partial charge >= 0.3 is 11.9 Å². The van der Waals surface area contributed by atoms with Crippen molar-refractivity contribution < 1.29 is 24.5 Å². The van der Waals surface area contributed by atoms with Crippen molar-refractivity contribution in [3.8, 4) is 0 Å². The molecule has 0 amide bonds. The van der Waals surface area contributed by atoms with Gasteiger partial charge < -0.3 is 14.9 Å². The lowest BCUT2D eigenvalue weighted by Gasteiger charge is -2.34. The van der Waals surface area contributed by atoms with Crippen molar-refractivity contribution in [1.82, 2.24) is 9.80 Å². The lowest BCUT2D eigenvalue weighted by molar-refractivity contribution is -0.159. The van der Waals surface area contributed by atoms with Crippen LogP contribution in [-0.2, 0) is 20.7 Å². The van der Waals surface area contributed by atoms with Gasteiger partial charge in [0, 0.05) is 31.7 Å². The maximum atomic E-state index is 9.10.